The molecule has 0 atom stereocenters. The number of imidazole rings is 1. The maximum absolute atomic E-state index is 5.31. The summed E-state index contributed by atoms with van der Waals surface area (Å²) in [6.45, 7) is 1.49. The number of nitrogens with two attached hydrogens (primary N) is 1. The first kappa shape index (κ1) is 10.1. The van der Waals surface area contributed by atoms with E-state index in [1.807, 2.05) is 10.8 Å². The maximum atomic E-state index is 5.31. The highest BCUT2D eigenvalue weighted by Crippen LogP contribution is 2.02. The fourth-order valence-corrected chi connectivity index (χ4v) is 0.959. The largest absolute Gasteiger partial charge is 0.335 e. The van der Waals surface area contributed by atoms with Gasteiger partial charge in [-0.1, -0.05) is 0 Å². The Hall–Kier alpha value is 0.130. The van der Waals surface area contributed by atoms with Crippen LogP contribution in [0.15, 0.2) is 17.1 Å². The van der Waals surface area contributed by atoms with Crippen LogP contribution >= 0.6 is 32.9 Å². The summed E-state index contributed by atoms with van der Waals surface area (Å²) in [5, 5.41) is 0. The van der Waals surface area contributed by atoms with Gasteiger partial charge >= 0.3 is 0 Å². The Kier molecular flexibility index (Phi) is 4.93. The third-order valence-corrected chi connectivity index (χ3v) is 1.40. The normalized spacial score (nSPS) is 9.00. The van der Waals surface area contributed by atoms with Crippen molar-refractivity contribution in [3.63, 3.8) is 0 Å². The molecule has 0 saturated carbocycles. The fourth-order valence-electron chi connectivity index (χ4n) is 0.604. The lowest BCUT2D eigenvalue weighted by Gasteiger charge is -1.93. The van der Waals surface area contributed by atoms with E-state index in [0.29, 0.717) is 6.54 Å². The zero-order valence-electron chi connectivity index (χ0n) is 5.33. The Balaban J connectivity index is 0.000000810. The van der Waals surface area contributed by atoms with Crippen molar-refractivity contribution in [2.75, 3.05) is 6.54 Å². The van der Waals surface area contributed by atoms with Crippen LogP contribution in [0.3, 0.4) is 0 Å². The molecule has 10 heavy (non-hydrogen) atoms. The molecule has 2 N–H and O–H groups in total. The number of hydrogen-bond acceptors (Lipinski definition) is 2. The number of nitrogens with zero attached hydrogens (tertiary/aromatic N) is 2. The van der Waals surface area contributed by atoms with E-state index in [4.69, 9.17) is 5.73 Å². The summed E-state index contributed by atoms with van der Waals surface area (Å²) in [7, 11) is 0. The zero-order chi connectivity index (χ0) is 6.69. The van der Waals surface area contributed by atoms with Crippen molar-refractivity contribution in [3.05, 3.63) is 17.1 Å². The highest BCUT2D eigenvalue weighted by Gasteiger charge is 1.90. The Morgan fingerprint density at radius 2 is 2.40 bits per heavy atom. The van der Waals surface area contributed by atoms with Crippen LogP contribution in [-0.4, -0.2) is 16.1 Å². The summed E-state index contributed by atoms with van der Waals surface area (Å²) >= 11 is 3.23. The molecular formula is C5H9Br2N3. The van der Waals surface area contributed by atoms with Crippen molar-refractivity contribution in [3.8, 4) is 0 Å². The Bertz CT molecular complexity index is 187. The van der Waals surface area contributed by atoms with Gasteiger partial charge in [0.1, 0.15) is 4.60 Å². The zero-order valence-corrected chi connectivity index (χ0v) is 8.63. The van der Waals surface area contributed by atoms with Crippen molar-refractivity contribution >= 4 is 32.9 Å². The van der Waals surface area contributed by atoms with Crippen molar-refractivity contribution in [2.24, 2.45) is 5.73 Å². The van der Waals surface area contributed by atoms with Gasteiger partial charge in [0.2, 0.25) is 0 Å². The molecule has 58 valence electrons. The average Bonchev–Trinajstić information content (AvgIpc) is 2.17. The number of aromatic nitrogens is 2. The molecule has 0 spiro atoms. The smallest absolute Gasteiger partial charge is 0.124 e. The summed E-state index contributed by atoms with van der Waals surface area (Å²) < 4.78 is 2.79. The second-order valence-electron chi connectivity index (χ2n) is 1.72. The van der Waals surface area contributed by atoms with Gasteiger partial charge in [-0.3, -0.25) is 0 Å². The van der Waals surface area contributed by atoms with Crippen LogP contribution in [0.5, 0.6) is 0 Å². The molecule has 3 nitrogen and oxygen atoms in total. The third kappa shape index (κ3) is 2.81. The highest BCUT2D eigenvalue weighted by atomic mass is 79.9. The molecule has 0 aliphatic heterocycles. The average molecular weight is 271 g/mol. The lowest BCUT2D eigenvalue weighted by Crippen LogP contribution is -2.07. The van der Waals surface area contributed by atoms with Gasteiger partial charge in [-0.2, -0.15) is 0 Å². The summed E-state index contributed by atoms with van der Waals surface area (Å²) in [6.07, 6.45) is 3.64. The standard InChI is InChI=1S/C5H8BrN3.BrH/c6-5-3-9(2-1-7)4-8-5;/h3-4H,1-2,7H2;1H. The molecule has 1 rings (SSSR count). The Morgan fingerprint density at radius 3 is 2.80 bits per heavy atom. The minimum absolute atomic E-state index is 0. The second-order valence-corrected chi connectivity index (χ2v) is 2.54. The number of hydrogen-bond donors (Lipinski definition) is 1. The summed E-state index contributed by atoms with van der Waals surface area (Å²) in [5.41, 5.74) is 5.31. The van der Waals surface area contributed by atoms with Gasteiger partial charge < -0.3 is 10.3 Å². The van der Waals surface area contributed by atoms with Crippen molar-refractivity contribution < 1.29 is 0 Å². The van der Waals surface area contributed by atoms with Gasteiger partial charge in [0.15, 0.2) is 0 Å². The van der Waals surface area contributed by atoms with E-state index < -0.39 is 0 Å². The Morgan fingerprint density at radius 1 is 1.70 bits per heavy atom. The number of rotatable bonds is 2. The quantitative estimate of drug-likeness (QED) is 0.877. The van der Waals surface area contributed by atoms with Crippen LogP contribution in [-0.2, 0) is 6.54 Å². The van der Waals surface area contributed by atoms with Crippen LogP contribution in [0.25, 0.3) is 0 Å². The van der Waals surface area contributed by atoms with Crippen LogP contribution < -0.4 is 5.73 Å². The lowest BCUT2D eigenvalue weighted by atomic mass is 10.6. The first-order valence-electron chi connectivity index (χ1n) is 2.70. The summed E-state index contributed by atoms with van der Waals surface area (Å²) in [5.74, 6) is 0. The van der Waals surface area contributed by atoms with Gasteiger partial charge in [0.05, 0.1) is 6.33 Å². The third-order valence-electron chi connectivity index (χ3n) is 0.989. The molecule has 1 heterocycles. The fraction of sp³-hybridized carbons (Fsp3) is 0.400. The Labute approximate surface area is 78.5 Å². The van der Waals surface area contributed by atoms with Crippen molar-refractivity contribution in [1.82, 2.24) is 9.55 Å². The van der Waals surface area contributed by atoms with Gasteiger partial charge in [-0.05, 0) is 15.9 Å². The van der Waals surface area contributed by atoms with E-state index in [0.717, 1.165) is 11.1 Å². The predicted octanol–water partition coefficient (Wildman–Crippen LogP) is 1.18. The topological polar surface area (TPSA) is 43.8 Å². The van der Waals surface area contributed by atoms with E-state index in [1.54, 1.807) is 6.33 Å². The van der Waals surface area contributed by atoms with Crippen LogP contribution in [0, 0.1) is 0 Å². The molecule has 0 aliphatic carbocycles. The molecule has 0 unspecified atom stereocenters. The highest BCUT2D eigenvalue weighted by molar-refractivity contribution is 9.10. The summed E-state index contributed by atoms with van der Waals surface area (Å²) in [6, 6.07) is 0. The van der Waals surface area contributed by atoms with E-state index in [2.05, 4.69) is 20.9 Å². The van der Waals surface area contributed by atoms with Crippen LogP contribution in [0.2, 0.25) is 0 Å². The molecule has 0 bridgehead atoms. The SMILES string of the molecule is Br.NCCn1cnc(Br)c1. The van der Waals surface area contributed by atoms with Gasteiger partial charge in [0.25, 0.3) is 0 Å². The van der Waals surface area contributed by atoms with Crippen LogP contribution in [0.1, 0.15) is 0 Å². The first-order chi connectivity index (χ1) is 4.33. The lowest BCUT2D eigenvalue weighted by molar-refractivity contribution is 0.707. The van der Waals surface area contributed by atoms with Crippen molar-refractivity contribution in [2.45, 2.75) is 6.54 Å². The van der Waals surface area contributed by atoms with E-state index >= 15 is 0 Å². The van der Waals surface area contributed by atoms with Crippen LogP contribution in [0.4, 0.5) is 0 Å². The van der Waals surface area contributed by atoms with E-state index in [-0.39, 0.29) is 17.0 Å². The molecule has 1 aromatic rings. The molecule has 0 aliphatic rings. The summed E-state index contributed by atoms with van der Waals surface area (Å²) in [4.78, 5) is 3.96. The van der Waals surface area contributed by atoms with E-state index in [1.165, 1.54) is 0 Å². The maximum Gasteiger partial charge on any atom is 0.124 e. The molecule has 0 fully saturated rings. The first-order valence-corrected chi connectivity index (χ1v) is 3.49. The minimum atomic E-state index is 0. The molecule has 1 aromatic heterocycles. The monoisotopic (exact) mass is 269 g/mol. The predicted molar refractivity (Wildman–Crippen MR) is 49.3 cm³/mol. The number of halogens is 2. The molecule has 0 aromatic carbocycles. The minimum Gasteiger partial charge on any atom is -0.335 e. The molecule has 5 heteroatoms. The molecule has 0 saturated heterocycles. The molecule has 0 amide bonds. The van der Waals surface area contributed by atoms with Gasteiger partial charge in [-0.15, -0.1) is 17.0 Å². The van der Waals surface area contributed by atoms with Crippen molar-refractivity contribution in [1.29, 1.82) is 0 Å². The van der Waals surface area contributed by atoms with Gasteiger partial charge in [-0.25, -0.2) is 4.98 Å². The van der Waals surface area contributed by atoms with Gasteiger partial charge in [0, 0.05) is 19.3 Å². The molecule has 0 radical (unpaired) electrons. The van der Waals surface area contributed by atoms with E-state index in [9.17, 15) is 0 Å². The second kappa shape index (κ2) is 4.87. The molecular weight excluding hydrogens is 262 g/mol.